The van der Waals surface area contributed by atoms with Crippen molar-refractivity contribution in [2.75, 3.05) is 13.7 Å². The first kappa shape index (κ1) is 12.0. The predicted octanol–water partition coefficient (Wildman–Crippen LogP) is 1.66. The predicted molar refractivity (Wildman–Crippen MR) is 59.7 cm³/mol. The summed E-state index contributed by atoms with van der Waals surface area (Å²) in [5, 5.41) is 6.16. The lowest BCUT2D eigenvalue weighted by Gasteiger charge is -2.18. The Hall–Kier alpha value is -1.06. The lowest BCUT2D eigenvalue weighted by molar-refractivity contribution is -0.145. The molecule has 0 N–H and O–H groups in total. The van der Waals surface area contributed by atoms with Crippen LogP contribution in [-0.4, -0.2) is 36.9 Å². The number of rotatable bonds is 4. The molecule has 1 aliphatic heterocycles. The van der Waals surface area contributed by atoms with Crippen molar-refractivity contribution in [2.45, 2.75) is 39.2 Å². The number of hydrogen-bond donors (Lipinski definition) is 0. The average molecular weight is 212 g/mol. The fraction of sp³-hybridized carbons (Fsp3) is 0.818. The highest BCUT2D eigenvalue weighted by Gasteiger charge is 2.30. The summed E-state index contributed by atoms with van der Waals surface area (Å²) in [6, 6.07) is -0.168. The maximum atomic E-state index is 11.4. The number of carbonyl (C=O) groups is 1. The molecule has 15 heavy (non-hydrogen) atoms. The topological polar surface area (TPSA) is 41.9 Å². The first-order valence-corrected chi connectivity index (χ1v) is 5.52. The van der Waals surface area contributed by atoms with Crippen LogP contribution >= 0.6 is 0 Å². The molecule has 0 aliphatic carbocycles. The smallest absolute Gasteiger partial charge is 0.330 e. The summed E-state index contributed by atoms with van der Waals surface area (Å²) in [5.74, 6) is 0.433. The highest BCUT2D eigenvalue weighted by molar-refractivity contribution is 5.76. The zero-order chi connectivity index (χ0) is 11.3. The third kappa shape index (κ3) is 3.53. The third-order valence-electron chi connectivity index (χ3n) is 2.50. The summed E-state index contributed by atoms with van der Waals surface area (Å²) >= 11 is 0. The van der Waals surface area contributed by atoms with E-state index in [1.807, 2.05) is 11.2 Å². The van der Waals surface area contributed by atoms with Crippen molar-refractivity contribution in [1.82, 2.24) is 5.01 Å². The Morgan fingerprint density at radius 3 is 3.00 bits per heavy atom. The van der Waals surface area contributed by atoms with Gasteiger partial charge in [0.15, 0.2) is 0 Å². The SMILES string of the molecule is COC(=O)C1CCCN1/N=C/CC(C)C. The first-order chi connectivity index (χ1) is 7.15. The number of nitrogens with zero attached hydrogens (tertiary/aromatic N) is 2. The molecule has 1 rings (SSSR count). The van der Waals surface area contributed by atoms with Crippen LogP contribution in [0.4, 0.5) is 0 Å². The van der Waals surface area contributed by atoms with Crippen molar-refractivity contribution in [1.29, 1.82) is 0 Å². The molecule has 0 aromatic rings. The van der Waals surface area contributed by atoms with E-state index in [0.717, 1.165) is 25.8 Å². The first-order valence-electron chi connectivity index (χ1n) is 5.52. The molecule has 4 nitrogen and oxygen atoms in total. The number of methoxy groups -OCH3 is 1. The van der Waals surface area contributed by atoms with Gasteiger partial charge in [0.1, 0.15) is 6.04 Å². The van der Waals surface area contributed by atoms with Gasteiger partial charge in [-0.15, -0.1) is 0 Å². The van der Waals surface area contributed by atoms with Gasteiger partial charge in [-0.2, -0.15) is 5.10 Å². The average Bonchev–Trinajstić information content (AvgIpc) is 2.64. The van der Waals surface area contributed by atoms with Crippen molar-refractivity contribution in [3.05, 3.63) is 0 Å². The lowest BCUT2D eigenvalue weighted by atomic mass is 10.2. The zero-order valence-electron chi connectivity index (χ0n) is 9.77. The summed E-state index contributed by atoms with van der Waals surface area (Å²) in [6.07, 6.45) is 4.71. The Morgan fingerprint density at radius 1 is 1.67 bits per heavy atom. The van der Waals surface area contributed by atoms with Crippen LogP contribution < -0.4 is 0 Å². The van der Waals surface area contributed by atoms with Crippen molar-refractivity contribution >= 4 is 12.2 Å². The van der Waals surface area contributed by atoms with Crippen molar-refractivity contribution in [3.63, 3.8) is 0 Å². The monoisotopic (exact) mass is 212 g/mol. The molecule has 1 atom stereocenters. The normalized spacial score (nSPS) is 21.6. The van der Waals surface area contributed by atoms with Crippen LogP contribution in [0.5, 0.6) is 0 Å². The molecular weight excluding hydrogens is 192 g/mol. The van der Waals surface area contributed by atoms with Crippen LogP contribution in [0.2, 0.25) is 0 Å². The van der Waals surface area contributed by atoms with Crippen LogP contribution in [0.25, 0.3) is 0 Å². The van der Waals surface area contributed by atoms with E-state index in [9.17, 15) is 4.79 Å². The molecule has 0 amide bonds. The molecule has 0 aromatic carbocycles. The van der Waals surface area contributed by atoms with E-state index in [0.29, 0.717) is 5.92 Å². The quantitative estimate of drug-likeness (QED) is 0.525. The maximum absolute atomic E-state index is 11.4. The van der Waals surface area contributed by atoms with E-state index >= 15 is 0 Å². The zero-order valence-corrected chi connectivity index (χ0v) is 9.77. The molecule has 0 saturated carbocycles. The number of hydrazone groups is 1. The summed E-state index contributed by atoms with van der Waals surface area (Å²) < 4.78 is 4.74. The Balaban J connectivity index is 2.46. The molecule has 0 spiro atoms. The van der Waals surface area contributed by atoms with Crippen LogP contribution in [0.3, 0.4) is 0 Å². The Bertz CT molecular complexity index is 239. The van der Waals surface area contributed by atoms with Gasteiger partial charge in [-0.25, -0.2) is 4.79 Å². The van der Waals surface area contributed by atoms with Gasteiger partial charge >= 0.3 is 5.97 Å². The minimum Gasteiger partial charge on any atom is -0.467 e. The molecule has 86 valence electrons. The van der Waals surface area contributed by atoms with Crippen LogP contribution in [-0.2, 0) is 9.53 Å². The van der Waals surface area contributed by atoms with E-state index in [-0.39, 0.29) is 12.0 Å². The molecule has 0 bridgehead atoms. The minimum atomic E-state index is -0.172. The van der Waals surface area contributed by atoms with Crippen molar-refractivity contribution < 1.29 is 9.53 Å². The van der Waals surface area contributed by atoms with Gasteiger partial charge < -0.3 is 4.74 Å². The Labute approximate surface area is 91.3 Å². The highest BCUT2D eigenvalue weighted by Crippen LogP contribution is 2.18. The van der Waals surface area contributed by atoms with Gasteiger partial charge in [-0.1, -0.05) is 13.8 Å². The molecule has 1 aliphatic rings. The molecule has 1 heterocycles. The summed E-state index contributed by atoms with van der Waals surface area (Å²) in [6.45, 7) is 5.15. The number of carbonyl (C=O) groups excluding carboxylic acids is 1. The second-order valence-corrected chi connectivity index (χ2v) is 4.27. The van der Waals surface area contributed by atoms with Crippen LogP contribution in [0, 0.1) is 5.92 Å². The standard InChI is InChI=1S/C11H20N2O2/c1-9(2)6-7-12-13-8-4-5-10(13)11(14)15-3/h7,9-10H,4-6,8H2,1-3H3/b12-7+. The van der Waals surface area contributed by atoms with Crippen molar-refractivity contribution in [3.8, 4) is 0 Å². The summed E-state index contributed by atoms with van der Waals surface area (Å²) in [7, 11) is 1.43. The van der Waals surface area contributed by atoms with Gasteiger partial charge in [-0.05, 0) is 25.2 Å². The number of ether oxygens (including phenoxy) is 1. The van der Waals surface area contributed by atoms with Gasteiger partial charge in [0.25, 0.3) is 0 Å². The minimum absolute atomic E-state index is 0.168. The van der Waals surface area contributed by atoms with Crippen LogP contribution in [0.1, 0.15) is 33.1 Å². The lowest BCUT2D eigenvalue weighted by Crippen LogP contribution is -2.33. The molecule has 1 unspecified atom stereocenters. The van der Waals surface area contributed by atoms with Crippen molar-refractivity contribution in [2.24, 2.45) is 11.0 Å². The van der Waals surface area contributed by atoms with E-state index < -0.39 is 0 Å². The number of esters is 1. The summed E-state index contributed by atoms with van der Waals surface area (Å²) in [4.78, 5) is 11.4. The Kier molecular flexibility index (Phi) is 4.59. The van der Waals surface area contributed by atoms with Gasteiger partial charge in [-0.3, -0.25) is 5.01 Å². The van der Waals surface area contributed by atoms with Gasteiger partial charge in [0.2, 0.25) is 0 Å². The van der Waals surface area contributed by atoms with Gasteiger partial charge in [0.05, 0.1) is 7.11 Å². The fourth-order valence-electron chi connectivity index (χ4n) is 1.63. The Morgan fingerprint density at radius 2 is 2.40 bits per heavy atom. The largest absolute Gasteiger partial charge is 0.467 e. The molecule has 4 heteroatoms. The molecule has 0 radical (unpaired) electrons. The highest BCUT2D eigenvalue weighted by atomic mass is 16.5. The van der Waals surface area contributed by atoms with Crippen LogP contribution in [0.15, 0.2) is 5.10 Å². The van der Waals surface area contributed by atoms with E-state index in [1.165, 1.54) is 7.11 Å². The van der Waals surface area contributed by atoms with E-state index in [1.54, 1.807) is 0 Å². The molecule has 1 saturated heterocycles. The second kappa shape index (κ2) is 5.73. The third-order valence-corrected chi connectivity index (χ3v) is 2.50. The second-order valence-electron chi connectivity index (χ2n) is 4.27. The number of hydrogen-bond acceptors (Lipinski definition) is 4. The molecule has 0 aromatic heterocycles. The maximum Gasteiger partial charge on any atom is 0.330 e. The van der Waals surface area contributed by atoms with Gasteiger partial charge in [0, 0.05) is 12.8 Å². The molecule has 1 fully saturated rings. The van der Waals surface area contributed by atoms with E-state index in [2.05, 4.69) is 18.9 Å². The fourth-order valence-corrected chi connectivity index (χ4v) is 1.63. The summed E-state index contributed by atoms with van der Waals surface area (Å²) in [5.41, 5.74) is 0. The van der Waals surface area contributed by atoms with E-state index in [4.69, 9.17) is 4.74 Å². The molecular formula is C11H20N2O2.